The maximum absolute atomic E-state index is 12.9. The van der Waals surface area contributed by atoms with E-state index < -0.39 is 30.0 Å². The van der Waals surface area contributed by atoms with Crippen molar-refractivity contribution in [3.05, 3.63) is 89.7 Å². The van der Waals surface area contributed by atoms with E-state index in [0.717, 1.165) is 24.3 Å². The third-order valence-electron chi connectivity index (χ3n) is 4.84. The van der Waals surface area contributed by atoms with E-state index in [2.05, 4.69) is 14.9 Å². The van der Waals surface area contributed by atoms with Crippen molar-refractivity contribution in [1.29, 1.82) is 0 Å². The van der Waals surface area contributed by atoms with Gasteiger partial charge in [-0.15, -0.1) is 13.2 Å². The van der Waals surface area contributed by atoms with Gasteiger partial charge in [0.15, 0.2) is 5.76 Å². The molecule has 0 aliphatic heterocycles. The zero-order chi connectivity index (χ0) is 24.5. The number of halogens is 6. The topological polar surface area (TPSA) is 68.4 Å². The van der Waals surface area contributed by atoms with Crippen LogP contribution in [0.2, 0.25) is 0 Å². The number of nitrogens with zero attached hydrogens (tertiary/aromatic N) is 2. The fourth-order valence-corrected chi connectivity index (χ4v) is 3.30. The van der Waals surface area contributed by atoms with E-state index >= 15 is 0 Å². The van der Waals surface area contributed by atoms with Gasteiger partial charge in [-0.1, -0.05) is 23.4 Å². The number of hydrogen-bond donors (Lipinski definition) is 1. The first-order chi connectivity index (χ1) is 16.0. The lowest BCUT2D eigenvalue weighted by Crippen LogP contribution is -2.16. The van der Waals surface area contributed by atoms with Crippen LogP contribution in [0.1, 0.15) is 22.8 Å². The molecule has 0 saturated carbocycles. The molecule has 0 aliphatic rings. The highest BCUT2D eigenvalue weighted by molar-refractivity contribution is 5.74. The molecule has 2 heterocycles. The number of hydrogen-bond acceptors (Lipinski definition) is 5. The molecule has 2 aromatic carbocycles. The second kappa shape index (κ2) is 8.82. The average molecular weight is 480 g/mol. The van der Waals surface area contributed by atoms with Crippen molar-refractivity contribution in [3.63, 3.8) is 0 Å². The van der Waals surface area contributed by atoms with Gasteiger partial charge in [0.05, 0.1) is 11.1 Å². The number of ether oxygens (including phenoxy) is 1. The summed E-state index contributed by atoms with van der Waals surface area (Å²) in [5.74, 6) is -0.465. The number of aromatic nitrogens is 2. The van der Waals surface area contributed by atoms with Crippen LogP contribution in [0.25, 0.3) is 22.6 Å². The summed E-state index contributed by atoms with van der Waals surface area (Å²) in [4.78, 5) is 3.95. The average Bonchev–Trinajstić information content (AvgIpc) is 3.23. The molecule has 0 radical (unpaired) electrons. The van der Waals surface area contributed by atoms with E-state index in [1.807, 2.05) is 0 Å². The van der Waals surface area contributed by atoms with Crippen LogP contribution in [0.3, 0.4) is 0 Å². The van der Waals surface area contributed by atoms with Gasteiger partial charge >= 0.3 is 12.5 Å². The molecule has 4 rings (SSSR count). The Morgan fingerprint density at radius 3 is 2.06 bits per heavy atom. The van der Waals surface area contributed by atoms with E-state index in [9.17, 15) is 31.4 Å². The van der Waals surface area contributed by atoms with Gasteiger partial charge in [-0.2, -0.15) is 13.2 Å². The van der Waals surface area contributed by atoms with Crippen LogP contribution in [0.15, 0.2) is 77.6 Å². The van der Waals surface area contributed by atoms with Gasteiger partial charge < -0.3 is 14.4 Å². The highest BCUT2D eigenvalue weighted by Crippen LogP contribution is 2.40. The molecule has 0 bridgehead atoms. The van der Waals surface area contributed by atoms with Gasteiger partial charge in [-0.3, -0.25) is 4.98 Å². The lowest BCUT2D eigenvalue weighted by Gasteiger charge is -2.13. The second-order valence-corrected chi connectivity index (χ2v) is 7.11. The molecule has 0 fully saturated rings. The van der Waals surface area contributed by atoms with Crippen molar-refractivity contribution < 1.29 is 40.7 Å². The highest BCUT2D eigenvalue weighted by atomic mass is 19.4. The summed E-state index contributed by atoms with van der Waals surface area (Å²) < 4.78 is 85.5. The summed E-state index contributed by atoms with van der Waals surface area (Å²) in [6.45, 7) is 0. The van der Waals surface area contributed by atoms with Crippen LogP contribution in [-0.4, -0.2) is 21.6 Å². The van der Waals surface area contributed by atoms with E-state index in [0.29, 0.717) is 5.56 Å². The molecule has 0 spiro atoms. The normalized spacial score (nSPS) is 13.0. The van der Waals surface area contributed by atoms with Crippen LogP contribution >= 0.6 is 0 Å². The molecular weight excluding hydrogens is 466 g/mol. The lowest BCUT2D eigenvalue weighted by atomic mass is 9.94. The number of benzene rings is 2. The van der Waals surface area contributed by atoms with Gasteiger partial charge in [0.2, 0.25) is 0 Å². The molecule has 0 saturated heterocycles. The van der Waals surface area contributed by atoms with Crippen LogP contribution in [-0.2, 0) is 6.18 Å². The quantitative estimate of drug-likeness (QED) is 0.335. The van der Waals surface area contributed by atoms with Gasteiger partial charge in [-0.05, 0) is 42.5 Å². The second-order valence-electron chi connectivity index (χ2n) is 7.11. The van der Waals surface area contributed by atoms with Crippen molar-refractivity contribution in [3.8, 4) is 28.3 Å². The van der Waals surface area contributed by atoms with Crippen molar-refractivity contribution in [1.82, 2.24) is 10.1 Å². The van der Waals surface area contributed by atoms with Crippen molar-refractivity contribution in [2.24, 2.45) is 0 Å². The van der Waals surface area contributed by atoms with Crippen molar-refractivity contribution >= 4 is 0 Å². The third kappa shape index (κ3) is 5.04. The van der Waals surface area contributed by atoms with E-state index in [1.165, 1.54) is 36.7 Å². The van der Waals surface area contributed by atoms with E-state index in [4.69, 9.17) is 4.52 Å². The number of aliphatic hydroxyl groups is 1. The van der Waals surface area contributed by atoms with Crippen LogP contribution < -0.4 is 4.74 Å². The van der Waals surface area contributed by atoms with Gasteiger partial charge in [-0.25, -0.2) is 0 Å². The minimum atomic E-state index is -4.87. The summed E-state index contributed by atoms with van der Waals surface area (Å²) in [6.07, 6.45) is -7.88. The number of pyridine rings is 1. The molecule has 1 atom stereocenters. The smallest absolute Gasteiger partial charge is 0.406 e. The van der Waals surface area contributed by atoms with E-state index in [1.54, 1.807) is 12.1 Å². The Morgan fingerprint density at radius 1 is 0.853 bits per heavy atom. The summed E-state index contributed by atoms with van der Waals surface area (Å²) in [6, 6.07) is 11.9. The first-order valence-corrected chi connectivity index (χ1v) is 9.64. The molecule has 5 nitrogen and oxygen atoms in total. The highest BCUT2D eigenvalue weighted by Gasteiger charge is 2.32. The monoisotopic (exact) mass is 480 g/mol. The summed E-state index contributed by atoms with van der Waals surface area (Å²) in [5.41, 5.74) is 0.167. The molecular formula is C23H14F6N2O3. The molecule has 176 valence electrons. The van der Waals surface area contributed by atoms with Crippen molar-refractivity contribution in [2.45, 2.75) is 18.6 Å². The Kier molecular flexibility index (Phi) is 6.05. The van der Waals surface area contributed by atoms with Crippen LogP contribution in [0.5, 0.6) is 5.75 Å². The maximum atomic E-state index is 12.9. The van der Waals surface area contributed by atoms with Crippen molar-refractivity contribution in [2.75, 3.05) is 0 Å². The number of aliphatic hydroxyl groups excluding tert-OH is 1. The molecule has 34 heavy (non-hydrogen) atoms. The minimum Gasteiger partial charge on any atom is -0.406 e. The molecule has 11 heteroatoms. The van der Waals surface area contributed by atoms with Crippen LogP contribution in [0.4, 0.5) is 26.3 Å². The zero-order valence-electron chi connectivity index (χ0n) is 16.9. The minimum absolute atomic E-state index is 0.00399. The zero-order valence-corrected chi connectivity index (χ0v) is 16.9. The predicted molar refractivity (Wildman–Crippen MR) is 107 cm³/mol. The molecule has 0 amide bonds. The third-order valence-corrected chi connectivity index (χ3v) is 4.84. The number of alkyl halides is 6. The SMILES string of the molecule is OC(c1cccnc1)c1c(-c2ccc(OC(F)(F)F)cc2)noc1-c1ccc(C(F)(F)F)cc1. The fraction of sp³-hybridized carbons (Fsp3) is 0.130. The summed E-state index contributed by atoms with van der Waals surface area (Å²) in [7, 11) is 0. The fourth-order valence-electron chi connectivity index (χ4n) is 3.30. The van der Waals surface area contributed by atoms with Crippen LogP contribution in [0, 0.1) is 0 Å². The van der Waals surface area contributed by atoms with Gasteiger partial charge in [0, 0.05) is 29.1 Å². The first-order valence-electron chi connectivity index (χ1n) is 9.64. The Balaban J connectivity index is 1.79. The molecule has 4 aromatic rings. The predicted octanol–water partition coefficient (Wildman–Crippen LogP) is 6.40. The molecule has 1 N–H and O–H groups in total. The van der Waals surface area contributed by atoms with E-state index in [-0.39, 0.29) is 28.1 Å². The molecule has 1 unspecified atom stereocenters. The Labute approximate surface area is 188 Å². The summed E-state index contributed by atoms with van der Waals surface area (Å²) in [5, 5.41) is 15.0. The molecule has 2 aromatic heterocycles. The Morgan fingerprint density at radius 2 is 1.50 bits per heavy atom. The standard InChI is InChI=1S/C23H14F6N2O3/c24-22(25,26)16-7-3-14(4-8-16)21-18(20(32)15-2-1-11-30-12-15)19(31-34-21)13-5-9-17(10-6-13)33-23(27,28)29/h1-12,20,32H. The maximum Gasteiger partial charge on any atom is 0.573 e. The summed E-state index contributed by atoms with van der Waals surface area (Å²) >= 11 is 0. The van der Waals surface area contributed by atoms with Gasteiger partial charge in [0.25, 0.3) is 0 Å². The number of rotatable bonds is 5. The Hall–Kier alpha value is -3.86. The molecule has 0 aliphatic carbocycles. The lowest BCUT2D eigenvalue weighted by molar-refractivity contribution is -0.274. The van der Waals surface area contributed by atoms with Gasteiger partial charge in [0.1, 0.15) is 17.5 Å². The largest absolute Gasteiger partial charge is 0.573 e. The first kappa shape index (κ1) is 23.3. The Bertz CT molecular complexity index is 1250.